The molecule has 0 radical (unpaired) electrons. The molecule has 2 rings (SSSR count). The summed E-state index contributed by atoms with van der Waals surface area (Å²) in [6, 6.07) is 13.1. The van der Waals surface area contributed by atoms with Crippen molar-refractivity contribution in [2.75, 3.05) is 11.9 Å². The number of rotatable bonds is 4. The van der Waals surface area contributed by atoms with E-state index in [9.17, 15) is 4.79 Å². The van der Waals surface area contributed by atoms with Gasteiger partial charge in [0.15, 0.2) is 0 Å². The molecule has 1 aromatic carbocycles. The fraction of sp³-hybridized carbons (Fsp3) is 0.143. The summed E-state index contributed by atoms with van der Waals surface area (Å²) in [6.45, 7) is 0.623. The van der Waals surface area contributed by atoms with Gasteiger partial charge >= 0.3 is 5.97 Å². The standard InChI is InChI=1S/C14H14N2O2/c1-16(10-11-6-3-2-4-7-11)13-12(14(17)18)8-5-9-15-13/h2-9H,10H2,1H3,(H,17,18). The zero-order chi connectivity index (χ0) is 13.0. The van der Waals surface area contributed by atoms with E-state index in [1.54, 1.807) is 18.3 Å². The number of nitrogens with zero attached hydrogens (tertiary/aromatic N) is 2. The van der Waals surface area contributed by atoms with Gasteiger partial charge in [-0.3, -0.25) is 0 Å². The van der Waals surface area contributed by atoms with Crippen LogP contribution < -0.4 is 4.90 Å². The summed E-state index contributed by atoms with van der Waals surface area (Å²) in [7, 11) is 1.84. The number of carboxylic acid groups (broad SMARTS) is 1. The Hall–Kier alpha value is -2.36. The molecule has 0 aliphatic rings. The van der Waals surface area contributed by atoms with E-state index in [1.807, 2.05) is 42.3 Å². The maximum atomic E-state index is 11.1. The van der Waals surface area contributed by atoms with E-state index in [-0.39, 0.29) is 5.56 Å². The van der Waals surface area contributed by atoms with E-state index in [1.165, 1.54) is 0 Å². The average molecular weight is 242 g/mol. The molecule has 1 heterocycles. The molecule has 4 heteroatoms. The topological polar surface area (TPSA) is 53.4 Å². The molecule has 0 aliphatic carbocycles. The van der Waals surface area contributed by atoms with Crippen LogP contribution in [0, 0.1) is 0 Å². The van der Waals surface area contributed by atoms with E-state index in [0.717, 1.165) is 5.56 Å². The summed E-state index contributed by atoms with van der Waals surface area (Å²) in [5.74, 6) is -0.480. The highest BCUT2D eigenvalue weighted by Gasteiger charge is 2.14. The smallest absolute Gasteiger partial charge is 0.339 e. The van der Waals surface area contributed by atoms with E-state index >= 15 is 0 Å². The van der Waals surface area contributed by atoms with Gasteiger partial charge in [0, 0.05) is 19.8 Å². The number of pyridine rings is 1. The summed E-state index contributed by atoms with van der Waals surface area (Å²) < 4.78 is 0. The van der Waals surface area contributed by atoms with Gasteiger partial charge in [0.1, 0.15) is 11.4 Å². The molecule has 0 saturated heterocycles. The molecular formula is C14H14N2O2. The Morgan fingerprint density at radius 1 is 1.22 bits per heavy atom. The number of hydrogen-bond acceptors (Lipinski definition) is 3. The second kappa shape index (κ2) is 5.31. The predicted octanol–water partition coefficient (Wildman–Crippen LogP) is 2.42. The second-order valence-corrected chi connectivity index (χ2v) is 4.02. The van der Waals surface area contributed by atoms with E-state index in [4.69, 9.17) is 5.11 Å². The molecule has 4 nitrogen and oxygen atoms in total. The molecule has 0 atom stereocenters. The van der Waals surface area contributed by atoms with Crippen LogP contribution >= 0.6 is 0 Å². The van der Waals surface area contributed by atoms with Crippen molar-refractivity contribution in [2.45, 2.75) is 6.54 Å². The van der Waals surface area contributed by atoms with Gasteiger partial charge in [0.2, 0.25) is 0 Å². The van der Waals surface area contributed by atoms with Crippen LogP contribution in [-0.4, -0.2) is 23.1 Å². The number of aromatic nitrogens is 1. The van der Waals surface area contributed by atoms with Crippen molar-refractivity contribution in [1.82, 2.24) is 4.98 Å². The maximum absolute atomic E-state index is 11.1. The third-order valence-electron chi connectivity index (χ3n) is 2.64. The number of anilines is 1. The highest BCUT2D eigenvalue weighted by molar-refractivity contribution is 5.93. The van der Waals surface area contributed by atoms with Gasteiger partial charge < -0.3 is 10.0 Å². The van der Waals surface area contributed by atoms with Crippen LogP contribution in [0.25, 0.3) is 0 Å². The maximum Gasteiger partial charge on any atom is 0.339 e. The fourth-order valence-corrected chi connectivity index (χ4v) is 1.80. The number of carbonyl (C=O) groups is 1. The van der Waals surface area contributed by atoms with Gasteiger partial charge in [-0.05, 0) is 17.7 Å². The van der Waals surface area contributed by atoms with Crippen molar-refractivity contribution >= 4 is 11.8 Å². The Bertz CT molecular complexity index is 541. The molecule has 0 fully saturated rings. The van der Waals surface area contributed by atoms with Gasteiger partial charge in [-0.1, -0.05) is 30.3 Å². The van der Waals surface area contributed by atoms with Crippen LogP contribution in [0.5, 0.6) is 0 Å². The van der Waals surface area contributed by atoms with Crippen LogP contribution in [0.15, 0.2) is 48.7 Å². The Balaban J connectivity index is 2.24. The summed E-state index contributed by atoms with van der Waals surface area (Å²) >= 11 is 0. The Kier molecular flexibility index (Phi) is 3.57. The van der Waals surface area contributed by atoms with Crippen LogP contribution in [0.4, 0.5) is 5.82 Å². The second-order valence-electron chi connectivity index (χ2n) is 4.02. The SMILES string of the molecule is CN(Cc1ccccc1)c1ncccc1C(=O)O. The Morgan fingerprint density at radius 2 is 1.94 bits per heavy atom. The monoisotopic (exact) mass is 242 g/mol. The lowest BCUT2D eigenvalue weighted by atomic mass is 10.2. The number of benzene rings is 1. The molecule has 2 aromatic rings. The summed E-state index contributed by atoms with van der Waals surface area (Å²) in [5, 5.41) is 9.11. The van der Waals surface area contributed by atoms with E-state index in [0.29, 0.717) is 12.4 Å². The lowest BCUT2D eigenvalue weighted by Gasteiger charge is -2.19. The van der Waals surface area contributed by atoms with Crippen LogP contribution in [0.2, 0.25) is 0 Å². The molecule has 0 saturated carbocycles. The molecule has 0 unspecified atom stereocenters. The molecule has 1 N–H and O–H groups in total. The van der Waals surface area contributed by atoms with Crippen LogP contribution in [-0.2, 0) is 6.54 Å². The minimum Gasteiger partial charge on any atom is -0.478 e. The minimum absolute atomic E-state index is 0.218. The third-order valence-corrected chi connectivity index (χ3v) is 2.64. The summed E-state index contributed by atoms with van der Waals surface area (Å²) in [5.41, 5.74) is 1.33. The molecule has 18 heavy (non-hydrogen) atoms. The normalized spacial score (nSPS) is 10.1. The van der Waals surface area contributed by atoms with Crippen LogP contribution in [0.1, 0.15) is 15.9 Å². The van der Waals surface area contributed by atoms with Gasteiger partial charge in [-0.2, -0.15) is 0 Å². The first-order valence-electron chi connectivity index (χ1n) is 5.62. The van der Waals surface area contributed by atoms with Crippen molar-refractivity contribution in [2.24, 2.45) is 0 Å². The largest absolute Gasteiger partial charge is 0.478 e. The van der Waals surface area contributed by atoms with Crippen molar-refractivity contribution in [3.8, 4) is 0 Å². The van der Waals surface area contributed by atoms with E-state index in [2.05, 4.69) is 4.98 Å². The van der Waals surface area contributed by atoms with Crippen molar-refractivity contribution in [3.05, 3.63) is 59.8 Å². The first kappa shape index (κ1) is 12.1. The molecule has 0 spiro atoms. The molecule has 0 aliphatic heterocycles. The number of carboxylic acids is 1. The van der Waals surface area contributed by atoms with Crippen molar-refractivity contribution in [3.63, 3.8) is 0 Å². The highest BCUT2D eigenvalue weighted by Crippen LogP contribution is 2.17. The van der Waals surface area contributed by atoms with Gasteiger partial charge in [0.05, 0.1) is 0 Å². The summed E-state index contributed by atoms with van der Waals surface area (Å²) in [4.78, 5) is 17.1. The van der Waals surface area contributed by atoms with Crippen LogP contribution in [0.3, 0.4) is 0 Å². The zero-order valence-corrected chi connectivity index (χ0v) is 10.1. The Labute approximate surface area is 106 Å². The number of aromatic carboxylic acids is 1. The molecule has 92 valence electrons. The fourth-order valence-electron chi connectivity index (χ4n) is 1.80. The number of hydrogen-bond donors (Lipinski definition) is 1. The van der Waals surface area contributed by atoms with Gasteiger partial charge in [-0.25, -0.2) is 9.78 Å². The van der Waals surface area contributed by atoms with Gasteiger partial charge in [-0.15, -0.1) is 0 Å². The van der Waals surface area contributed by atoms with Crippen molar-refractivity contribution in [1.29, 1.82) is 0 Å². The lowest BCUT2D eigenvalue weighted by Crippen LogP contribution is -2.20. The molecular weight excluding hydrogens is 228 g/mol. The van der Waals surface area contributed by atoms with Crippen molar-refractivity contribution < 1.29 is 9.90 Å². The average Bonchev–Trinajstić information content (AvgIpc) is 2.40. The zero-order valence-electron chi connectivity index (χ0n) is 10.1. The Morgan fingerprint density at radius 3 is 2.61 bits per heavy atom. The molecule has 1 aromatic heterocycles. The van der Waals surface area contributed by atoms with Gasteiger partial charge in [0.25, 0.3) is 0 Å². The van der Waals surface area contributed by atoms with E-state index < -0.39 is 5.97 Å². The lowest BCUT2D eigenvalue weighted by molar-refractivity contribution is 0.0697. The quantitative estimate of drug-likeness (QED) is 0.894. The minimum atomic E-state index is -0.960. The third kappa shape index (κ3) is 2.66. The predicted molar refractivity (Wildman–Crippen MR) is 69.7 cm³/mol. The molecule has 0 amide bonds. The summed E-state index contributed by atoms with van der Waals surface area (Å²) in [6.07, 6.45) is 1.60. The molecule has 0 bridgehead atoms. The first-order valence-corrected chi connectivity index (χ1v) is 5.62. The highest BCUT2D eigenvalue weighted by atomic mass is 16.4. The first-order chi connectivity index (χ1) is 8.68.